The Morgan fingerprint density at radius 1 is 1.17 bits per heavy atom. The van der Waals surface area contributed by atoms with Crippen LogP contribution in [-0.4, -0.2) is 0 Å². The minimum atomic E-state index is 0.650. The maximum atomic E-state index is 3.90. The van der Waals surface area contributed by atoms with E-state index in [4.69, 9.17) is 0 Å². The molecule has 0 saturated carbocycles. The summed E-state index contributed by atoms with van der Waals surface area (Å²) in [5, 5.41) is 0. The molecule has 0 aromatic rings. The summed E-state index contributed by atoms with van der Waals surface area (Å²) in [6, 6.07) is 0. The van der Waals surface area contributed by atoms with E-state index in [0.717, 1.165) is 6.42 Å². The molecule has 0 rings (SSSR count). The van der Waals surface area contributed by atoms with Gasteiger partial charge in [-0.05, 0) is 32.6 Å². The summed E-state index contributed by atoms with van der Waals surface area (Å²) in [7, 11) is 0. The lowest BCUT2D eigenvalue weighted by Gasteiger charge is -2.09. The molecule has 0 saturated heterocycles. The Morgan fingerprint density at radius 2 is 1.58 bits per heavy atom. The normalized spacial score (nSPS) is 11.1. The third-order valence-electron chi connectivity index (χ3n) is 1.85. The molecule has 0 aliphatic carbocycles. The highest BCUT2D eigenvalue weighted by atomic mass is 14.1. The van der Waals surface area contributed by atoms with E-state index in [0.29, 0.717) is 5.92 Å². The summed E-state index contributed by atoms with van der Waals surface area (Å²) < 4.78 is 0. The molecule has 1 unspecified atom stereocenters. The van der Waals surface area contributed by atoms with Crippen LogP contribution in [0, 0.1) is 5.92 Å². The fourth-order valence-electron chi connectivity index (χ4n) is 0.709. The Balaban J connectivity index is 0. The lowest BCUT2D eigenvalue weighted by Crippen LogP contribution is -1.94. The molecule has 0 fully saturated rings. The Hall–Kier alpha value is -0.520. The van der Waals surface area contributed by atoms with Crippen molar-refractivity contribution < 1.29 is 0 Å². The van der Waals surface area contributed by atoms with Crippen molar-refractivity contribution in [3.63, 3.8) is 0 Å². The molecule has 0 nitrogen and oxygen atoms in total. The molecule has 0 aliphatic heterocycles. The van der Waals surface area contributed by atoms with Gasteiger partial charge in [-0.1, -0.05) is 38.5 Å². The van der Waals surface area contributed by atoms with E-state index < -0.39 is 0 Å². The monoisotopic (exact) mass is 168 g/mol. The minimum Gasteiger partial charge on any atom is -0.100 e. The van der Waals surface area contributed by atoms with E-state index in [1.165, 1.54) is 17.6 Å². The molecular weight excluding hydrogens is 144 g/mol. The zero-order valence-electron chi connectivity index (χ0n) is 9.41. The van der Waals surface area contributed by atoms with Crippen LogP contribution in [0.15, 0.2) is 24.3 Å². The Bertz CT molecular complexity index is 131. The van der Waals surface area contributed by atoms with Crippen LogP contribution >= 0.6 is 0 Å². The quantitative estimate of drug-likeness (QED) is 0.539. The highest BCUT2D eigenvalue weighted by Crippen LogP contribution is 2.16. The van der Waals surface area contributed by atoms with E-state index in [2.05, 4.69) is 33.9 Å². The van der Waals surface area contributed by atoms with Crippen LogP contribution in [0.4, 0.5) is 0 Å². The summed E-state index contributed by atoms with van der Waals surface area (Å²) in [5.41, 5.74) is 2.55. The molecule has 0 aromatic carbocycles. The first-order valence-corrected chi connectivity index (χ1v) is 4.83. The van der Waals surface area contributed by atoms with E-state index in [-0.39, 0.29) is 0 Å². The summed E-state index contributed by atoms with van der Waals surface area (Å²) in [5.74, 6) is 0.650. The van der Waals surface area contributed by atoms with Crippen molar-refractivity contribution in [1.82, 2.24) is 0 Å². The van der Waals surface area contributed by atoms with Gasteiger partial charge in [0.15, 0.2) is 0 Å². The molecule has 0 heterocycles. The zero-order valence-corrected chi connectivity index (χ0v) is 9.41. The van der Waals surface area contributed by atoms with Gasteiger partial charge in [-0.2, -0.15) is 0 Å². The molecule has 0 heteroatoms. The van der Waals surface area contributed by atoms with Crippen LogP contribution in [0.3, 0.4) is 0 Å². The van der Waals surface area contributed by atoms with E-state index >= 15 is 0 Å². The van der Waals surface area contributed by atoms with Gasteiger partial charge in [-0.3, -0.25) is 0 Å². The molecule has 0 radical (unpaired) electrons. The predicted octanol–water partition coefficient (Wildman–Crippen LogP) is 4.58. The highest BCUT2D eigenvalue weighted by molar-refractivity contribution is 4.97. The van der Waals surface area contributed by atoms with Crippen LogP contribution in [0.1, 0.15) is 47.5 Å². The molecule has 0 aliphatic rings. The van der Waals surface area contributed by atoms with Crippen LogP contribution in [0.2, 0.25) is 0 Å². The largest absolute Gasteiger partial charge is 0.100 e. The molecule has 0 bridgehead atoms. The summed E-state index contributed by atoms with van der Waals surface area (Å²) in [4.78, 5) is 0. The second kappa shape index (κ2) is 8.58. The lowest BCUT2D eigenvalue weighted by atomic mass is 9.97. The van der Waals surface area contributed by atoms with Gasteiger partial charge in [0, 0.05) is 0 Å². The second-order valence-electron chi connectivity index (χ2n) is 3.24. The van der Waals surface area contributed by atoms with Gasteiger partial charge in [0.05, 0.1) is 0 Å². The molecule has 12 heavy (non-hydrogen) atoms. The van der Waals surface area contributed by atoms with Crippen molar-refractivity contribution in [2.45, 2.75) is 47.5 Å². The van der Waals surface area contributed by atoms with Gasteiger partial charge in [-0.15, -0.1) is 6.58 Å². The first-order chi connectivity index (χ1) is 5.54. The van der Waals surface area contributed by atoms with Crippen LogP contribution in [0.25, 0.3) is 0 Å². The molecule has 0 N–H and O–H groups in total. The fourth-order valence-corrected chi connectivity index (χ4v) is 0.709. The molecule has 72 valence electrons. The third kappa shape index (κ3) is 9.48. The number of rotatable bonds is 4. The third-order valence-corrected chi connectivity index (χ3v) is 1.85. The van der Waals surface area contributed by atoms with Crippen molar-refractivity contribution in [2.24, 2.45) is 5.92 Å². The maximum Gasteiger partial charge on any atom is -0.0234 e. The van der Waals surface area contributed by atoms with Gasteiger partial charge in [0.2, 0.25) is 0 Å². The maximum absolute atomic E-state index is 3.90. The highest BCUT2D eigenvalue weighted by Gasteiger charge is 2.00. The van der Waals surface area contributed by atoms with Gasteiger partial charge < -0.3 is 0 Å². The lowest BCUT2D eigenvalue weighted by molar-refractivity contribution is 0.613. The standard InChI is InChI=1S/C10H18.C2H6/c1-8(2)6-7-10(5)9(3)4;1-2/h10H,1,3,6-7H2,2,4-5H3;1-2H3. The molecular formula is C12H24. The van der Waals surface area contributed by atoms with Gasteiger partial charge in [0.25, 0.3) is 0 Å². The minimum absolute atomic E-state index is 0.650. The van der Waals surface area contributed by atoms with Crippen molar-refractivity contribution in [1.29, 1.82) is 0 Å². The Labute approximate surface area is 78.4 Å². The van der Waals surface area contributed by atoms with Crippen molar-refractivity contribution in [3.8, 4) is 0 Å². The number of hydrogen-bond acceptors (Lipinski definition) is 0. The molecule has 0 aromatic heterocycles. The van der Waals surface area contributed by atoms with Gasteiger partial charge >= 0.3 is 0 Å². The van der Waals surface area contributed by atoms with Crippen molar-refractivity contribution in [2.75, 3.05) is 0 Å². The van der Waals surface area contributed by atoms with Crippen LogP contribution < -0.4 is 0 Å². The first kappa shape index (κ1) is 14.0. The number of hydrogen-bond donors (Lipinski definition) is 0. The van der Waals surface area contributed by atoms with Gasteiger partial charge in [0.1, 0.15) is 0 Å². The molecule has 1 atom stereocenters. The van der Waals surface area contributed by atoms with E-state index in [1.807, 2.05) is 13.8 Å². The van der Waals surface area contributed by atoms with Crippen LogP contribution in [-0.2, 0) is 0 Å². The SMILES string of the molecule is C=C(C)CCC(C)C(=C)C.CC. The average Bonchev–Trinajstić information content (AvgIpc) is 2.03. The topological polar surface area (TPSA) is 0 Å². The summed E-state index contributed by atoms with van der Waals surface area (Å²) in [6.07, 6.45) is 2.33. The fraction of sp³-hybridized carbons (Fsp3) is 0.667. The van der Waals surface area contributed by atoms with Gasteiger partial charge in [-0.25, -0.2) is 0 Å². The summed E-state index contributed by atoms with van der Waals surface area (Å²) in [6.45, 7) is 18.1. The number of allylic oxidation sites excluding steroid dienone is 2. The smallest absolute Gasteiger partial charge is 0.0234 e. The van der Waals surface area contributed by atoms with Crippen LogP contribution in [0.5, 0.6) is 0 Å². The first-order valence-electron chi connectivity index (χ1n) is 4.83. The van der Waals surface area contributed by atoms with Crippen molar-refractivity contribution >= 4 is 0 Å². The molecule has 0 spiro atoms. The second-order valence-corrected chi connectivity index (χ2v) is 3.24. The van der Waals surface area contributed by atoms with E-state index in [9.17, 15) is 0 Å². The Kier molecular flexibility index (Phi) is 10.0. The predicted molar refractivity (Wildman–Crippen MR) is 59.4 cm³/mol. The van der Waals surface area contributed by atoms with E-state index in [1.54, 1.807) is 0 Å². The Morgan fingerprint density at radius 3 is 1.83 bits per heavy atom. The average molecular weight is 168 g/mol. The zero-order chi connectivity index (χ0) is 10.1. The summed E-state index contributed by atoms with van der Waals surface area (Å²) >= 11 is 0. The van der Waals surface area contributed by atoms with Crippen molar-refractivity contribution in [3.05, 3.63) is 24.3 Å². The molecule has 0 amide bonds.